The molecule has 398 valence electrons. The molecule has 0 aliphatic rings. The Balaban J connectivity index is 4.27. The van der Waals surface area contributed by atoms with Crippen molar-refractivity contribution >= 4 is 17.9 Å². The molecule has 0 radical (unpaired) electrons. The zero-order chi connectivity index (χ0) is 48.6. The van der Waals surface area contributed by atoms with Gasteiger partial charge in [-0.3, -0.25) is 14.4 Å². The Hall–Kier alpha value is -1.63. The number of hydrogen-bond acceptors (Lipinski definition) is 7. The summed E-state index contributed by atoms with van der Waals surface area (Å²) in [6.07, 6.45) is 61.0. The van der Waals surface area contributed by atoms with Crippen molar-refractivity contribution in [3.05, 3.63) is 0 Å². The summed E-state index contributed by atoms with van der Waals surface area (Å²) in [5.74, 6) is -0.847. The normalized spacial score (nSPS) is 11.9. The molecule has 0 aliphatic carbocycles. The van der Waals surface area contributed by atoms with Gasteiger partial charge in [-0.1, -0.05) is 296 Å². The molecule has 0 saturated carbocycles. The largest absolute Gasteiger partial charge is 0.462 e. The van der Waals surface area contributed by atoms with Crippen molar-refractivity contribution in [2.45, 2.75) is 347 Å². The highest BCUT2D eigenvalue weighted by molar-refractivity contribution is 5.71. The molecule has 0 saturated heterocycles. The standard InChI is InChI=1S/C60H116O7/c1-3-5-7-9-11-13-15-17-23-27-31-35-39-43-47-51-58(62)65-55-57(67-60(64)53-49-45-41-37-33-29-24-18-16-14-12-10-8-6-4-2)56-66-59(63)52-48-44-40-36-32-28-25-21-19-20-22-26-30-34-38-42-46-50-54-61/h57,61H,3-56H2,1-2H3. The van der Waals surface area contributed by atoms with E-state index in [0.717, 1.165) is 64.2 Å². The third kappa shape index (κ3) is 55.2. The lowest BCUT2D eigenvalue weighted by molar-refractivity contribution is -0.167. The SMILES string of the molecule is CCCCCCCCCCCCCCCCCC(=O)OCC(COC(=O)CCCCCCCCCCCCCCCCCCCCO)OC(=O)CCCCCCCCCCCCCCCCC. The lowest BCUT2D eigenvalue weighted by atomic mass is 10.0. The average Bonchev–Trinajstić information content (AvgIpc) is 3.33. The van der Waals surface area contributed by atoms with Gasteiger partial charge in [0.1, 0.15) is 13.2 Å². The number of aliphatic hydroxyl groups is 1. The molecule has 0 bridgehead atoms. The minimum absolute atomic E-state index is 0.0667. The monoisotopic (exact) mass is 949 g/mol. The highest BCUT2D eigenvalue weighted by Gasteiger charge is 2.19. The number of carbonyl (C=O) groups is 3. The van der Waals surface area contributed by atoms with Gasteiger partial charge < -0.3 is 19.3 Å². The Morgan fingerprint density at radius 3 is 0.701 bits per heavy atom. The lowest BCUT2D eigenvalue weighted by Crippen LogP contribution is -2.30. The van der Waals surface area contributed by atoms with Crippen LogP contribution in [0.5, 0.6) is 0 Å². The van der Waals surface area contributed by atoms with E-state index in [0.29, 0.717) is 25.9 Å². The Kier molecular flexibility index (Phi) is 55.6. The predicted octanol–water partition coefficient (Wildman–Crippen LogP) is 18.9. The van der Waals surface area contributed by atoms with Crippen molar-refractivity contribution in [1.82, 2.24) is 0 Å². The van der Waals surface area contributed by atoms with Crippen LogP contribution < -0.4 is 0 Å². The zero-order valence-electron chi connectivity index (χ0n) is 45.2. The Labute approximate surface area is 417 Å². The van der Waals surface area contributed by atoms with Crippen molar-refractivity contribution in [1.29, 1.82) is 0 Å². The summed E-state index contributed by atoms with van der Waals surface area (Å²) in [5, 5.41) is 8.86. The fourth-order valence-electron chi connectivity index (χ4n) is 9.37. The highest BCUT2D eigenvalue weighted by Crippen LogP contribution is 2.18. The van der Waals surface area contributed by atoms with Gasteiger partial charge in [0.05, 0.1) is 0 Å². The third-order valence-electron chi connectivity index (χ3n) is 13.9. The minimum Gasteiger partial charge on any atom is -0.462 e. The average molecular weight is 950 g/mol. The van der Waals surface area contributed by atoms with Crippen LogP contribution in [0.4, 0.5) is 0 Å². The number of hydrogen-bond donors (Lipinski definition) is 1. The van der Waals surface area contributed by atoms with Gasteiger partial charge in [0.25, 0.3) is 0 Å². The summed E-state index contributed by atoms with van der Waals surface area (Å²) in [7, 11) is 0. The molecule has 0 aromatic carbocycles. The zero-order valence-corrected chi connectivity index (χ0v) is 45.2. The molecule has 7 nitrogen and oxygen atoms in total. The number of aliphatic hydroxyl groups excluding tert-OH is 1. The summed E-state index contributed by atoms with van der Waals surface area (Å²) >= 11 is 0. The molecule has 67 heavy (non-hydrogen) atoms. The fraction of sp³-hybridized carbons (Fsp3) is 0.950. The topological polar surface area (TPSA) is 99.1 Å². The second-order valence-corrected chi connectivity index (χ2v) is 20.7. The van der Waals surface area contributed by atoms with Crippen LogP contribution >= 0.6 is 0 Å². The molecule has 1 N–H and O–H groups in total. The van der Waals surface area contributed by atoms with Crippen LogP contribution in [0, 0.1) is 0 Å². The minimum atomic E-state index is -0.768. The molecule has 0 aliphatic heterocycles. The molecular formula is C60H116O7. The predicted molar refractivity (Wildman–Crippen MR) is 286 cm³/mol. The van der Waals surface area contributed by atoms with Crippen molar-refractivity contribution < 1.29 is 33.7 Å². The number of ether oxygens (including phenoxy) is 3. The molecule has 0 spiro atoms. The van der Waals surface area contributed by atoms with E-state index in [-0.39, 0.29) is 31.1 Å². The van der Waals surface area contributed by atoms with Gasteiger partial charge in [0, 0.05) is 25.9 Å². The van der Waals surface area contributed by atoms with Crippen LogP contribution in [0.15, 0.2) is 0 Å². The molecule has 0 amide bonds. The van der Waals surface area contributed by atoms with Crippen molar-refractivity contribution in [2.75, 3.05) is 19.8 Å². The highest BCUT2D eigenvalue weighted by atomic mass is 16.6. The van der Waals surface area contributed by atoms with Gasteiger partial charge >= 0.3 is 17.9 Å². The molecule has 0 fully saturated rings. The first-order chi connectivity index (χ1) is 33.0. The van der Waals surface area contributed by atoms with Gasteiger partial charge in [-0.05, 0) is 25.7 Å². The summed E-state index contributed by atoms with van der Waals surface area (Å²) in [6.45, 7) is 4.75. The van der Waals surface area contributed by atoms with Gasteiger partial charge in [-0.2, -0.15) is 0 Å². The van der Waals surface area contributed by atoms with Gasteiger partial charge in [-0.25, -0.2) is 0 Å². The van der Waals surface area contributed by atoms with E-state index in [2.05, 4.69) is 13.8 Å². The van der Waals surface area contributed by atoms with Crippen LogP contribution in [0.2, 0.25) is 0 Å². The Morgan fingerprint density at radius 2 is 0.478 bits per heavy atom. The van der Waals surface area contributed by atoms with E-state index in [1.165, 1.54) is 244 Å². The molecule has 0 heterocycles. The van der Waals surface area contributed by atoms with Crippen molar-refractivity contribution in [3.8, 4) is 0 Å². The summed E-state index contributed by atoms with van der Waals surface area (Å²) in [6, 6.07) is 0. The van der Waals surface area contributed by atoms with E-state index in [1.807, 2.05) is 0 Å². The number of esters is 3. The first-order valence-corrected chi connectivity index (χ1v) is 30.1. The first kappa shape index (κ1) is 65.4. The molecule has 0 aromatic rings. The maximum atomic E-state index is 12.9. The maximum Gasteiger partial charge on any atom is 0.306 e. The quantitative estimate of drug-likeness (QED) is 0.0368. The molecular weight excluding hydrogens is 833 g/mol. The second-order valence-electron chi connectivity index (χ2n) is 20.7. The van der Waals surface area contributed by atoms with Crippen LogP contribution in [-0.4, -0.2) is 48.9 Å². The number of unbranched alkanes of at least 4 members (excludes halogenated alkanes) is 45. The lowest BCUT2D eigenvalue weighted by Gasteiger charge is -2.18. The summed E-state index contributed by atoms with van der Waals surface area (Å²) in [4.78, 5) is 38.2. The molecule has 0 aromatic heterocycles. The Morgan fingerprint density at radius 1 is 0.284 bits per heavy atom. The number of carbonyl (C=O) groups excluding carboxylic acids is 3. The van der Waals surface area contributed by atoms with Crippen molar-refractivity contribution in [3.63, 3.8) is 0 Å². The molecule has 1 atom stereocenters. The van der Waals surface area contributed by atoms with Gasteiger partial charge in [-0.15, -0.1) is 0 Å². The molecule has 1 unspecified atom stereocenters. The van der Waals surface area contributed by atoms with Gasteiger partial charge in [0.2, 0.25) is 0 Å². The molecule has 0 rings (SSSR count). The van der Waals surface area contributed by atoms with Crippen molar-refractivity contribution in [2.24, 2.45) is 0 Å². The summed E-state index contributed by atoms with van der Waals surface area (Å²) in [5.41, 5.74) is 0. The van der Waals surface area contributed by atoms with E-state index < -0.39 is 6.10 Å². The van der Waals surface area contributed by atoms with E-state index in [4.69, 9.17) is 19.3 Å². The molecule has 7 heteroatoms. The van der Waals surface area contributed by atoms with Gasteiger partial charge in [0.15, 0.2) is 6.10 Å². The van der Waals surface area contributed by atoms with Crippen LogP contribution in [0.3, 0.4) is 0 Å². The second kappa shape index (κ2) is 57.0. The third-order valence-corrected chi connectivity index (χ3v) is 13.9. The Bertz CT molecular complexity index is 1000. The van der Waals surface area contributed by atoms with Crippen LogP contribution in [0.25, 0.3) is 0 Å². The number of rotatable bonds is 57. The maximum absolute atomic E-state index is 12.9. The summed E-state index contributed by atoms with van der Waals surface area (Å²) < 4.78 is 16.9. The fourth-order valence-corrected chi connectivity index (χ4v) is 9.37. The van der Waals surface area contributed by atoms with E-state index in [9.17, 15) is 14.4 Å². The van der Waals surface area contributed by atoms with E-state index in [1.54, 1.807) is 0 Å². The van der Waals surface area contributed by atoms with Crippen LogP contribution in [0.1, 0.15) is 341 Å². The van der Waals surface area contributed by atoms with E-state index >= 15 is 0 Å². The van der Waals surface area contributed by atoms with Crippen LogP contribution in [-0.2, 0) is 28.6 Å². The first-order valence-electron chi connectivity index (χ1n) is 30.1. The smallest absolute Gasteiger partial charge is 0.306 e.